The number of anilines is 1. The maximum absolute atomic E-state index is 13.2. The summed E-state index contributed by atoms with van der Waals surface area (Å²) < 4.78 is 11.9. The average molecular weight is 395 g/mol. The van der Waals surface area contributed by atoms with E-state index in [9.17, 15) is 4.79 Å². The van der Waals surface area contributed by atoms with E-state index in [1.54, 1.807) is 17.3 Å². The summed E-state index contributed by atoms with van der Waals surface area (Å²) in [6.07, 6.45) is 4.84. The Balaban J connectivity index is 1.76. The molecule has 3 heterocycles. The number of benzene rings is 1. The predicted octanol–water partition coefficient (Wildman–Crippen LogP) is 4.24. The van der Waals surface area contributed by atoms with Gasteiger partial charge in [-0.3, -0.25) is 14.7 Å². The lowest BCUT2D eigenvalue weighted by molar-refractivity contribution is -0.119. The van der Waals surface area contributed by atoms with Crippen LogP contribution in [0.5, 0.6) is 0 Å². The number of para-hydroxylation sites is 1. The standard InChI is InChI=1S/C21H21N3O3S/c1-14(2)16-6-3-7-18-19(16)23-21(28-18)24(12-15-5-4-8-22-11-15)20(25)17-13-26-9-10-27-17/h3-8,11,13-14H,9-10,12H2,1-2H3. The third kappa shape index (κ3) is 3.71. The number of nitrogens with zero attached hydrogens (tertiary/aromatic N) is 3. The number of carbonyl (C=O) groups excluding carboxylic acids is 1. The number of aromatic nitrogens is 2. The van der Waals surface area contributed by atoms with Gasteiger partial charge in [-0.1, -0.05) is 43.4 Å². The van der Waals surface area contributed by atoms with E-state index in [-0.39, 0.29) is 11.7 Å². The summed E-state index contributed by atoms with van der Waals surface area (Å²) in [6, 6.07) is 9.95. The van der Waals surface area contributed by atoms with Gasteiger partial charge in [-0.2, -0.15) is 0 Å². The summed E-state index contributed by atoms with van der Waals surface area (Å²) in [4.78, 5) is 23.8. The SMILES string of the molecule is CC(C)c1cccc2sc(N(Cc3cccnc3)C(=O)C3=COCCO3)nc12. The van der Waals surface area contributed by atoms with E-state index in [4.69, 9.17) is 14.5 Å². The van der Waals surface area contributed by atoms with Crippen molar-refractivity contribution in [3.05, 3.63) is 65.9 Å². The van der Waals surface area contributed by atoms with Crippen molar-refractivity contribution >= 4 is 32.6 Å². The first-order chi connectivity index (χ1) is 13.6. The van der Waals surface area contributed by atoms with Gasteiger partial charge in [0.2, 0.25) is 5.76 Å². The second-order valence-electron chi connectivity index (χ2n) is 6.80. The Morgan fingerprint density at radius 1 is 1.25 bits per heavy atom. The molecule has 7 heteroatoms. The molecular weight excluding hydrogens is 374 g/mol. The Morgan fingerprint density at radius 3 is 2.86 bits per heavy atom. The van der Waals surface area contributed by atoms with Crippen molar-refractivity contribution in [2.75, 3.05) is 18.1 Å². The molecule has 0 saturated carbocycles. The number of hydrogen-bond acceptors (Lipinski definition) is 6. The molecule has 0 bridgehead atoms. The summed E-state index contributed by atoms with van der Waals surface area (Å²) >= 11 is 1.50. The van der Waals surface area contributed by atoms with E-state index < -0.39 is 0 Å². The average Bonchev–Trinajstić information content (AvgIpc) is 3.16. The fourth-order valence-electron chi connectivity index (χ4n) is 3.05. The van der Waals surface area contributed by atoms with E-state index in [2.05, 4.69) is 24.9 Å². The first kappa shape index (κ1) is 18.4. The molecule has 144 valence electrons. The van der Waals surface area contributed by atoms with Crippen molar-refractivity contribution in [1.29, 1.82) is 0 Å². The Hall–Kier alpha value is -2.93. The molecule has 4 rings (SSSR count). The Kier molecular flexibility index (Phi) is 5.25. The molecule has 2 aromatic heterocycles. The summed E-state index contributed by atoms with van der Waals surface area (Å²) in [5.41, 5.74) is 3.03. The largest absolute Gasteiger partial charge is 0.494 e. The van der Waals surface area contributed by atoms with Crippen LogP contribution in [0.2, 0.25) is 0 Å². The lowest BCUT2D eigenvalue weighted by atomic mass is 10.0. The van der Waals surface area contributed by atoms with Gasteiger partial charge in [0.05, 0.1) is 16.8 Å². The minimum absolute atomic E-state index is 0.193. The van der Waals surface area contributed by atoms with Crippen LogP contribution < -0.4 is 4.90 Å². The fraction of sp³-hybridized carbons (Fsp3) is 0.286. The van der Waals surface area contributed by atoms with Crippen LogP contribution in [-0.4, -0.2) is 29.1 Å². The highest BCUT2D eigenvalue weighted by atomic mass is 32.1. The van der Waals surface area contributed by atoms with Gasteiger partial charge < -0.3 is 9.47 Å². The number of fused-ring (bicyclic) bond motifs is 1. The van der Waals surface area contributed by atoms with Crippen LogP contribution in [0.1, 0.15) is 30.9 Å². The molecular formula is C21H21N3O3S. The minimum atomic E-state index is -0.270. The number of pyridine rings is 1. The maximum atomic E-state index is 13.2. The normalized spacial score (nSPS) is 13.8. The van der Waals surface area contributed by atoms with Gasteiger partial charge in [0.1, 0.15) is 19.5 Å². The third-order valence-electron chi connectivity index (χ3n) is 4.46. The summed E-state index contributed by atoms with van der Waals surface area (Å²) in [5.74, 6) is 0.270. The second-order valence-corrected chi connectivity index (χ2v) is 7.81. The highest BCUT2D eigenvalue weighted by Crippen LogP contribution is 2.34. The number of rotatable bonds is 5. The van der Waals surface area contributed by atoms with Gasteiger partial charge in [-0.25, -0.2) is 4.98 Å². The molecule has 0 fully saturated rings. The first-order valence-corrected chi connectivity index (χ1v) is 10.00. The highest BCUT2D eigenvalue weighted by molar-refractivity contribution is 7.22. The van der Waals surface area contributed by atoms with Gasteiger partial charge in [0.25, 0.3) is 5.91 Å². The second kappa shape index (κ2) is 7.98. The van der Waals surface area contributed by atoms with Crippen molar-refractivity contribution in [1.82, 2.24) is 9.97 Å². The van der Waals surface area contributed by atoms with Crippen LogP contribution in [0.3, 0.4) is 0 Å². The lowest BCUT2D eigenvalue weighted by Gasteiger charge is -2.23. The van der Waals surface area contributed by atoms with Crippen molar-refractivity contribution in [3.63, 3.8) is 0 Å². The Labute approximate surface area is 167 Å². The number of hydrogen-bond donors (Lipinski definition) is 0. The van der Waals surface area contributed by atoms with E-state index in [0.29, 0.717) is 30.8 Å². The molecule has 0 atom stereocenters. The Bertz CT molecular complexity index is 1010. The predicted molar refractivity (Wildman–Crippen MR) is 109 cm³/mol. The number of amides is 1. The smallest absolute Gasteiger partial charge is 0.298 e. The third-order valence-corrected chi connectivity index (χ3v) is 5.50. The molecule has 28 heavy (non-hydrogen) atoms. The summed E-state index contributed by atoms with van der Waals surface area (Å²) in [6.45, 7) is 5.44. The molecule has 0 spiro atoms. The molecule has 3 aromatic rings. The highest BCUT2D eigenvalue weighted by Gasteiger charge is 2.27. The molecule has 1 aromatic carbocycles. The zero-order chi connectivity index (χ0) is 19.5. The fourth-order valence-corrected chi connectivity index (χ4v) is 4.05. The van der Waals surface area contributed by atoms with Crippen LogP contribution in [0.25, 0.3) is 10.2 Å². The van der Waals surface area contributed by atoms with Gasteiger partial charge >= 0.3 is 0 Å². The molecule has 0 aliphatic carbocycles. The summed E-state index contributed by atoms with van der Waals surface area (Å²) in [5, 5.41) is 0.632. The van der Waals surface area contributed by atoms with Crippen LogP contribution >= 0.6 is 11.3 Å². The van der Waals surface area contributed by atoms with E-state index in [0.717, 1.165) is 15.8 Å². The van der Waals surface area contributed by atoms with E-state index >= 15 is 0 Å². The lowest BCUT2D eigenvalue weighted by Crippen LogP contribution is -2.33. The quantitative estimate of drug-likeness (QED) is 0.647. The molecule has 0 saturated heterocycles. The van der Waals surface area contributed by atoms with Crippen molar-refractivity contribution < 1.29 is 14.3 Å². The van der Waals surface area contributed by atoms with Crippen molar-refractivity contribution in [2.45, 2.75) is 26.3 Å². The summed E-state index contributed by atoms with van der Waals surface area (Å²) in [7, 11) is 0. The molecule has 1 aliphatic rings. The molecule has 0 unspecified atom stereocenters. The number of thiazole rings is 1. The van der Waals surface area contributed by atoms with Gasteiger partial charge in [0.15, 0.2) is 5.13 Å². The molecule has 0 radical (unpaired) electrons. The van der Waals surface area contributed by atoms with Crippen molar-refractivity contribution in [3.8, 4) is 0 Å². The monoisotopic (exact) mass is 395 g/mol. The number of carbonyl (C=O) groups is 1. The zero-order valence-corrected chi connectivity index (χ0v) is 16.6. The van der Waals surface area contributed by atoms with Gasteiger partial charge in [0, 0.05) is 12.4 Å². The van der Waals surface area contributed by atoms with E-state index in [1.165, 1.54) is 23.2 Å². The topological polar surface area (TPSA) is 64.6 Å². The Morgan fingerprint density at radius 2 is 2.14 bits per heavy atom. The molecule has 0 N–H and O–H groups in total. The molecule has 1 aliphatic heterocycles. The van der Waals surface area contributed by atoms with Crippen LogP contribution in [-0.2, 0) is 20.8 Å². The number of ether oxygens (including phenoxy) is 2. The van der Waals surface area contributed by atoms with E-state index in [1.807, 2.05) is 24.3 Å². The minimum Gasteiger partial charge on any atom is -0.494 e. The maximum Gasteiger partial charge on any atom is 0.298 e. The van der Waals surface area contributed by atoms with Crippen molar-refractivity contribution in [2.24, 2.45) is 0 Å². The molecule has 1 amide bonds. The zero-order valence-electron chi connectivity index (χ0n) is 15.8. The van der Waals surface area contributed by atoms with Crippen LogP contribution in [0.15, 0.2) is 54.7 Å². The van der Waals surface area contributed by atoms with Crippen LogP contribution in [0, 0.1) is 0 Å². The van der Waals surface area contributed by atoms with Crippen LogP contribution in [0.4, 0.5) is 5.13 Å². The molecule has 6 nitrogen and oxygen atoms in total. The van der Waals surface area contributed by atoms with Gasteiger partial charge in [-0.05, 0) is 29.2 Å². The first-order valence-electron chi connectivity index (χ1n) is 9.18. The van der Waals surface area contributed by atoms with Gasteiger partial charge in [-0.15, -0.1) is 0 Å².